The number of fused-ring (bicyclic) bond motifs is 3. The van der Waals surface area contributed by atoms with Crippen molar-refractivity contribution in [2.75, 3.05) is 37.1 Å². The van der Waals surface area contributed by atoms with Gasteiger partial charge in [0.25, 0.3) is 0 Å². The van der Waals surface area contributed by atoms with Crippen molar-refractivity contribution in [3.63, 3.8) is 0 Å². The first-order chi connectivity index (χ1) is 14.4. The summed E-state index contributed by atoms with van der Waals surface area (Å²) in [4.78, 5) is 1.97. The van der Waals surface area contributed by atoms with Crippen molar-refractivity contribution in [2.45, 2.75) is 37.5 Å². The smallest absolute Gasteiger partial charge is 0.399 e. The standard InChI is InChI=1S/C20H25F3N6O/c21-20(22,23)12-27-19-9-26(15-6-4-14(24)5-7-15)13-28(18(19)8-25-27)29-16-2-1-3-17(29)11-30-10-16/h4-9,16-17,25H,1-3,10-13,24H2. The highest BCUT2D eigenvalue weighted by atomic mass is 19.4. The average Bonchev–Trinajstić information content (AvgIpc) is 3.08. The maximum Gasteiger partial charge on any atom is 0.407 e. The predicted octanol–water partition coefficient (Wildman–Crippen LogP) is 2.58. The lowest BCUT2D eigenvalue weighted by atomic mass is 9.96. The monoisotopic (exact) mass is 422 g/mol. The minimum absolute atomic E-state index is 0.225. The molecule has 0 spiro atoms. The number of hydrazine groups is 2. The fraction of sp³-hybridized carbons (Fsp3) is 0.500. The summed E-state index contributed by atoms with van der Waals surface area (Å²) in [5.41, 5.74) is 11.4. The Morgan fingerprint density at radius 2 is 1.77 bits per heavy atom. The molecule has 0 amide bonds. The van der Waals surface area contributed by atoms with Gasteiger partial charge in [0.2, 0.25) is 0 Å². The van der Waals surface area contributed by atoms with Gasteiger partial charge in [-0.3, -0.25) is 10.0 Å². The lowest BCUT2D eigenvalue weighted by Crippen LogP contribution is -2.63. The number of nitrogens with zero attached hydrogens (tertiary/aromatic N) is 4. The van der Waals surface area contributed by atoms with Crippen molar-refractivity contribution in [1.29, 1.82) is 0 Å². The molecule has 5 rings (SSSR count). The number of halogens is 3. The minimum atomic E-state index is -4.32. The summed E-state index contributed by atoms with van der Waals surface area (Å²) in [6, 6.07) is 7.82. The fourth-order valence-corrected chi connectivity index (χ4v) is 4.71. The summed E-state index contributed by atoms with van der Waals surface area (Å²) in [6.45, 7) is 0.716. The van der Waals surface area contributed by atoms with Crippen LogP contribution in [-0.2, 0) is 4.74 Å². The molecule has 3 N–H and O–H groups in total. The van der Waals surface area contributed by atoms with Crippen LogP contribution in [0.2, 0.25) is 0 Å². The number of ether oxygens (including phenoxy) is 1. The highest BCUT2D eigenvalue weighted by Crippen LogP contribution is 2.38. The van der Waals surface area contributed by atoms with Crippen molar-refractivity contribution in [1.82, 2.24) is 20.5 Å². The molecule has 0 aromatic heterocycles. The second-order valence-corrected chi connectivity index (χ2v) is 8.13. The number of hydrogen-bond acceptors (Lipinski definition) is 7. The van der Waals surface area contributed by atoms with E-state index in [1.165, 1.54) is 0 Å². The molecular weight excluding hydrogens is 397 g/mol. The van der Waals surface area contributed by atoms with Crippen LogP contribution < -0.4 is 16.1 Å². The molecule has 0 radical (unpaired) electrons. The number of alkyl halides is 3. The zero-order chi connectivity index (χ0) is 20.9. The number of nitrogen functional groups attached to an aromatic ring is 1. The molecule has 2 fully saturated rings. The highest BCUT2D eigenvalue weighted by Gasteiger charge is 2.44. The first kappa shape index (κ1) is 19.4. The van der Waals surface area contributed by atoms with E-state index in [4.69, 9.17) is 10.5 Å². The van der Waals surface area contributed by atoms with Gasteiger partial charge in [-0.25, -0.2) is 5.01 Å². The van der Waals surface area contributed by atoms with Gasteiger partial charge in [-0.15, -0.1) is 0 Å². The molecule has 4 aliphatic rings. The first-order valence-corrected chi connectivity index (χ1v) is 10.2. The minimum Gasteiger partial charge on any atom is -0.399 e. The second-order valence-electron chi connectivity index (χ2n) is 8.13. The van der Waals surface area contributed by atoms with Gasteiger partial charge in [0.1, 0.15) is 18.9 Å². The number of morpholine rings is 1. The van der Waals surface area contributed by atoms with Crippen LogP contribution in [0.4, 0.5) is 24.5 Å². The van der Waals surface area contributed by atoms with Gasteiger partial charge in [0.15, 0.2) is 0 Å². The lowest BCUT2D eigenvalue weighted by molar-refractivity contribution is -0.168. The molecule has 1 aromatic carbocycles. The highest BCUT2D eigenvalue weighted by molar-refractivity contribution is 5.57. The third-order valence-electron chi connectivity index (χ3n) is 6.04. The molecule has 2 bridgehead atoms. The Morgan fingerprint density at radius 3 is 2.43 bits per heavy atom. The maximum atomic E-state index is 13.2. The lowest BCUT2D eigenvalue weighted by Gasteiger charge is -2.53. The van der Waals surface area contributed by atoms with Crippen LogP contribution >= 0.6 is 0 Å². The number of rotatable bonds is 3. The van der Waals surface area contributed by atoms with Crippen molar-refractivity contribution < 1.29 is 17.9 Å². The molecule has 10 heteroatoms. The molecule has 30 heavy (non-hydrogen) atoms. The molecule has 162 valence electrons. The molecule has 2 unspecified atom stereocenters. The summed E-state index contributed by atoms with van der Waals surface area (Å²) in [7, 11) is 0. The Balaban J connectivity index is 1.51. The molecule has 7 nitrogen and oxygen atoms in total. The normalized spacial score (nSPS) is 26.8. The van der Waals surface area contributed by atoms with Crippen LogP contribution in [0, 0.1) is 0 Å². The van der Waals surface area contributed by atoms with Crippen molar-refractivity contribution in [3.05, 3.63) is 48.1 Å². The number of nitrogens with one attached hydrogen (secondary N) is 1. The van der Waals surface area contributed by atoms with E-state index in [2.05, 4.69) is 15.4 Å². The largest absolute Gasteiger partial charge is 0.407 e. The predicted molar refractivity (Wildman–Crippen MR) is 106 cm³/mol. The second kappa shape index (κ2) is 7.28. The molecule has 2 atom stereocenters. The molecular formula is C20H25F3N6O. The third kappa shape index (κ3) is 3.54. The molecule has 0 saturated carbocycles. The summed E-state index contributed by atoms with van der Waals surface area (Å²) in [6.07, 6.45) is 2.30. The summed E-state index contributed by atoms with van der Waals surface area (Å²) >= 11 is 0. The third-order valence-corrected chi connectivity index (χ3v) is 6.04. The number of anilines is 2. The van der Waals surface area contributed by atoms with E-state index >= 15 is 0 Å². The van der Waals surface area contributed by atoms with Crippen molar-refractivity contribution >= 4 is 11.4 Å². The van der Waals surface area contributed by atoms with E-state index in [1.54, 1.807) is 24.5 Å². The Morgan fingerprint density at radius 1 is 1.07 bits per heavy atom. The van der Waals surface area contributed by atoms with Gasteiger partial charge in [-0.05, 0) is 37.1 Å². The Hall–Kier alpha value is -2.59. The zero-order valence-corrected chi connectivity index (χ0v) is 16.5. The summed E-state index contributed by atoms with van der Waals surface area (Å²) < 4.78 is 45.3. The van der Waals surface area contributed by atoms with Crippen LogP contribution in [0.25, 0.3) is 0 Å². The van der Waals surface area contributed by atoms with E-state index in [0.717, 1.165) is 35.7 Å². The van der Waals surface area contributed by atoms with Crippen LogP contribution in [0.1, 0.15) is 19.3 Å². The number of nitrogens with two attached hydrogens (primary N) is 1. The van der Waals surface area contributed by atoms with Crippen molar-refractivity contribution in [2.24, 2.45) is 0 Å². The molecule has 1 aromatic rings. The number of benzene rings is 1. The van der Waals surface area contributed by atoms with Gasteiger partial charge in [-0.1, -0.05) is 6.42 Å². The van der Waals surface area contributed by atoms with Crippen molar-refractivity contribution in [3.8, 4) is 0 Å². The molecule has 4 aliphatic heterocycles. The Labute approximate surface area is 173 Å². The van der Waals surface area contributed by atoms with E-state index < -0.39 is 12.7 Å². The van der Waals surface area contributed by atoms with Gasteiger partial charge < -0.3 is 20.8 Å². The van der Waals surface area contributed by atoms with E-state index in [9.17, 15) is 13.2 Å². The maximum absolute atomic E-state index is 13.2. The first-order valence-electron chi connectivity index (χ1n) is 10.2. The average molecular weight is 422 g/mol. The SMILES string of the molecule is Nc1ccc(N2C=C3C(=CNN3CC(F)(F)F)N(N3C4CCCC3COC4)C2)cc1. The molecule has 0 aliphatic carbocycles. The van der Waals surface area contributed by atoms with Gasteiger partial charge in [0, 0.05) is 23.8 Å². The Kier molecular flexibility index (Phi) is 4.70. The molecule has 2 saturated heterocycles. The van der Waals surface area contributed by atoms with Gasteiger partial charge >= 0.3 is 6.18 Å². The van der Waals surface area contributed by atoms with Crippen LogP contribution in [-0.4, -0.2) is 59.7 Å². The molecule has 4 heterocycles. The Bertz CT molecular complexity index is 833. The topological polar surface area (TPSA) is 60.2 Å². The number of hydrogen-bond donors (Lipinski definition) is 2. The van der Waals surface area contributed by atoms with Crippen LogP contribution in [0.15, 0.2) is 48.1 Å². The zero-order valence-electron chi connectivity index (χ0n) is 16.5. The van der Waals surface area contributed by atoms with Crippen LogP contribution in [0.5, 0.6) is 0 Å². The van der Waals surface area contributed by atoms with E-state index in [0.29, 0.717) is 31.3 Å². The van der Waals surface area contributed by atoms with E-state index in [-0.39, 0.29) is 12.1 Å². The number of piperidine rings is 1. The fourth-order valence-electron chi connectivity index (χ4n) is 4.71. The summed E-state index contributed by atoms with van der Waals surface area (Å²) in [5.74, 6) is 0. The van der Waals surface area contributed by atoms with Gasteiger partial charge in [0.05, 0.1) is 31.0 Å². The summed E-state index contributed by atoms with van der Waals surface area (Å²) in [5, 5.41) is 5.60. The quantitative estimate of drug-likeness (QED) is 0.726. The van der Waals surface area contributed by atoms with Crippen LogP contribution in [0.3, 0.4) is 0 Å². The van der Waals surface area contributed by atoms with E-state index in [1.807, 2.05) is 17.0 Å². The van der Waals surface area contributed by atoms with Gasteiger partial charge in [-0.2, -0.15) is 13.2 Å².